The van der Waals surface area contributed by atoms with Crippen LogP contribution >= 0.6 is 0 Å². The van der Waals surface area contributed by atoms with E-state index in [1.165, 1.54) is 238 Å². The van der Waals surface area contributed by atoms with Crippen LogP contribution in [0.5, 0.6) is 0 Å². The first-order chi connectivity index (χ1) is 38.5. The summed E-state index contributed by atoms with van der Waals surface area (Å²) in [4.78, 5) is 38.3. The Morgan fingerprint density at radius 1 is 0.282 bits per heavy atom. The van der Waals surface area contributed by atoms with Crippen molar-refractivity contribution in [2.45, 2.75) is 354 Å². The van der Waals surface area contributed by atoms with Crippen LogP contribution in [-0.4, -0.2) is 37.2 Å². The van der Waals surface area contributed by atoms with Crippen LogP contribution in [0.15, 0.2) is 72.9 Å². The molecule has 0 bridgehead atoms. The zero-order chi connectivity index (χ0) is 56.4. The zero-order valence-electron chi connectivity index (χ0n) is 51.9. The van der Waals surface area contributed by atoms with Gasteiger partial charge in [-0.25, -0.2) is 0 Å². The lowest BCUT2D eigenvalue weighted by molar-refractivity contribution is -0.166. The average Bonchev–Trinajstić information content (AvgIpc) is 3.44. The fourth-order valence-corrected chi connectivity index (χ4v) is 9.93. The molecule has 0 aromatic heterocycles. The second-order valence-corrected chi connectivity index (χ2v) is 22.7. The molecule has 0 saturated heterocycles. The molecule has 0 fully saturated rings. The number of allylic oxidation sites excluding steroid dienone is 11. The predicted octanol–water partition coefficient (Wildman–Crippen LogP) is 23.3. The third kappa shape index (κ3) is 63.7. The highest BCUT2D eigenvalue weighted by Gasteiger charge is 2.19. The summed E-state index contributed by atoms with van der Waals surface area (Å²) < 4.78 is 16.9. The quantitative estimate of drug-likeness (QED) is 0.0261. The van der Waals surface area contributed by atoms with Crippen molar-refractivity contribution in [3.8, 4) is 0 Å². The van der Waals surface area contributed by atoms with Crippen molar-refractivity contribution >= 4 is 17.9 Å². The first-order valence-corrected chi connectivity index (χ1v) is 33.9. The van der Waals surface area contributed by atoms with Gasteiger partial charge in [0, 0.05) is 12.8 Å². The monoisotopic (exact) mass is 1090 g/mol. The Labute approximate surface area is 484 Å². The topological polar surface area (TPSA) is 78.9 Å². The highest BCUT2D eigenvalue weighted by Crippen LogP contribution is 2.18. The average molecular weight is 1090 g/mol. The van der Waals surface area contributed by atoms with Crippen LogP contribution in [0.2, 0.25) is 0 Å². The molecule has 0 amide bonds. The van der Waals surface area contributed by atoms with E-state index in [0.29, 0.717) is 12.8 Å². The molecule has 0 rings (SSSR count). The van der Waals surface area contributed by atoms with E-state index >= 15 is 0 Å². The van der Waals surface area contributed by atoms with Gasteiger partial charge < -0.3 is 14.2 Å². The zero-order valence-corrected chi connectivity index (χ0v) is 51.9. The summed E-state index contributed by atoms with van der Waals surface area (Å²) in [6.45, 7) is 6.49. The maximum Gasteiger partial charge on any atom is 0.309 e. The van der Waals surface area contributed by atoms with Crippen molar-refractivity contribution in [2.24, 2.45) is 0 Å². The molecule has 0 saturated carbocycles. The highest BCUT2D eigenvalue weighted by molar-refractivity contribution is 5.72. The molecule has 0 aliphatic rings. The van der Waals surface area contributed by atoms with Crippen LogP contribution in [0.25, 0.3) is 0 Å². The third-order valence-electron chi connectivity index (χ3n) is 15.0. The van der Waals surface area contributed by atoms with Crippen molar-refractivity contribution in [1.82, 2.24) is 0 Å². The first-order valence-electron chi connectivity index (χ1n) is 33.9. The van der Waals surface area contributed by atoms with Crippen molar-refractivity contribution < 1.29 is 28.6 Å². The van der Waals surface area contributed by atoms with Crippen molar-refractivity contribution in [2.75, 3.05) is 13.2 Å². The van der Waals surface area contributed by atoms with Gasteiger partial charge in [0.15, 0.2) is 6.10 Å². The summed E-state index contributed by atoms with van der Waals surface area (Å²) in [5.74, 6) is -1.02. The summed E-state index contributed by atoms with van der Waals surface area (Å²) in [5, 5.41) is 0. The van der Waals surface area contributed by atoms with Gasteiger partial charge in [-0.05, 0) is 70.6 Å². The fourth-order valence-electron chi connectivity index (χ4n) is 9.93. The lowest BCUT2D eigenvalue weighted by Crippen LogP contribution is -2.30. The SMILES string of the molecule is CC/C=C\C/C=C\C/C=C\C/C=C\C/C=C\CC(=O)OCC(COC(=O)CCCCCCCCCCCCCCCCC/C=C\CCCCCCCCCC)OC(=O)CCCCCCCCCCCCCCCCCCCC. The maximum atomic E-state index is 12.9. The molecule has 78 heavy (non-hydrogen) atoms. The van der Waals surface area contributed by atoms with E-state index < -0.39 is 12.1 Å². The summed E-state index contributed by atoms with van der Waals surface area (Å²) in [6, 6.07) is 0. The number of hydrogen-bond acceptors (Lipinski definition) is 6. The lowest BCUT2D eigenvalue weighted by Gasteiger charge is -2.18. The van der Waals surface area contributed by atoms with Gasteiger partial charge in [0.2, 0.25) is 0 Å². The number of ether oxygens (including phenoxy) is 3. The number of carbonyl (C=O) groups excluding carboxylic acids is 3. The summed E-state index contributed by atoms with van der Waals surface area (Å²) in [6.07, 6.45) is 86.7. The fraction of sp³-hybridized carbons (Fsp3) is 0.792. The second kappa shape index (κ2) is 66.4. The van der Waals surface area contributed by atoms with E-state index in [9.17, 15) is 14.4 Å². The molecule has 0 aliphatic heterocycles. The highest BCUT2D eigenvalue weighted by atomic mass is 16.6. The van der Waals surface area contributed by atoms with Crippen LogP contribution in [0.1, 0.15) is 348 Å². The predicted molar refractivity (Wildman–Crippen MR) is 339 cm³/mol. The van der Waals surface area contributed by atoms with E-state index in [4.69, 9.17) is 14.2 Å². The summed E-state index contributed by atoms with van der Waals surface area (Å²) in [5.41, 5.74) is 0. The third-order valence-corrected chi connectivity index (χ3v) is 15.0. The first kappa shape index (κ1) is 74.8. The van der Waals surface area contributed by atoms with E-state index in [-0.39, 0.29) is 31.6 Å². The van der Waals surface area contributed by atoms with E-state index in [0.717, 1.165) is 70.6 Å². The van der Waals surface area contributed by atoms with Crippen LogP contribution in [0, 0.1) is 0 Å². The van der Waals surface area contributed by atoms with Gasteiger partial charge >= 0.3 is 17.9 Å². The number of hydrogen-bond donors (Lipinski definition) is 0. The Morgan fingerprint density at radius 2 is 0.551 bits per heavy atom. The molecule has 0 spiro atoms. The van der Waals surface area contributed by atoms with Crippen LogP contribution in [0.3, 0.4) is 0 Å². The van der Waals surface area contributed by atoms with Gasteiger partial charge in [-0.15, -0.1) is 0 Å². The summed E-state index contributed by atoms with van der Waals surface area (Å²) in [7, 11) is 0. The standard InChI is InChI=1S/C72H128O6/c1-4-7-10-13-16-19-22-25-28-30-32-33-34-35-36-37-38-39-40-42-44-47-50-53-56-59-62-65-71(74)77-68-69(67-76-70(73)64-61-58-55-52-49-46-43-27-24-21-18-15-12-9-6-3)78-72(75)66-63-60-57-54-51-48-45-41-31-29-26-23-20-17-14-11-8-5-2/h9,12,18,21,27,30,32,43,49,52,58,61,69H,4-8,10-11,13-17,19-20,22-26,28-29,31,33-42,44-48,50-51,53-57,59-60,62-68H2,1-3H3/b12-9-,21-18-,32-30-,43-27-,52-49-,61-58-. The largest absolute Gasteiger partial charge is 0.462 e. The van der Waals surface area contributed by atoms with Crippen molar-refractivity contribution in [3.63, 3.8) is 0 Å². The minimum Gasteiger partial charge on any atom is -0.462 e. The minimum atomic E-state index is -0.814. The molecule has 452 valence electrons. The molecule has 1 atom stereocenters. The molecule has 1 unspecified atom stereocenters. The Balaban J connectivity index is 4.31. The second-order valence-electron chi connectivity index (χ2n) is 22.7. The smallest absolute Gasteiger partial charge is 0.309 e. The van der Waals surface area contributed by atoms with E-state index in [2.05, 4.69) is 81.5 Å². The number of unbranched alkanes of at least 4 members (excludes halogenated alkanes) is 40. The Morgan fingerprint density at radius 3 is 0.885 bits per heavy atom. The van der Waals surface area contributed by atoms with E-state index in [1.807, 2.05) is 12.2 Å². The molecular weight excluding hydrogens is 961 g/mol. The van der Waals surface area contributed by atoms with Gasteiger partial charge in [-0.3, -0.25) is 14.4 Å². The van der Waals surface area contributed by atoms with Gasteiger partial charge in [0.05, 0.1) is 6.42 Å². The molecule has 0 radical (unpaired) electrons. The number of rotatable bonds is 62. The molecule has 0 aliphatic carbocycles. The van der Waals surface area contributed by atoms with Crippen LogP contribution in [-0.2, 0) is 28.6 Å². The molecule has 0 aromatic carbocycles. The van der Waals surface area contributed by atoms with Gasteiger partial charge in [-0.2, -0.15) is 0 Å². The molecule has 0 N–H and O–H groups in total. The Kier molecular flexibility index (Phi) is 63.7. The van der Waals surface area contributed by atoms with Gasteiger partial charge in [0.25, 0.3) is 0 Å². The van der Waals surface area contributed by atoms with Crippen LogP contribution in [0.4, 0.5) is 0 Å². The van der Waals surface area contributed by atoms with Crippen LogP contribution < -0.4 is 0 Å². The molecule has 6 heteroatoms. The van der Waals surface area contributed by atoms with Gasteiger partial charge in [0.1, 0.15) is 13.2 Å². The Bertz CT molecular complexity index is 1440. The number of esters is 3. The molecule has 6 nitrogen and oxygen atoms in total. The summed E-state index contributed by atoms with van der Waals surface area (Å²) >= 11 is 0. The lowest BCUT2D eigenvalue weighted by atomic mass is 10.0. The minimum absolute atomic E-state index is 0.101. The normalized spacial score (nSPS) is 12.5. The maximum absolute atomic E-state index is 12.9. The Hall–Kier alpha value is -3.15. The molecule has 0 aromatic rings. The number of carbonyl (C=O) groups is 3. The molecule has 0 heterocycles. The van der Waals surface area contributed by atoms with Gasteiger partial charge in [-0.1, -0.05) is 331 Å². The van der Waals surface area contributed by atoms with Crippen molar-refractivity contribution in [1.29, 1.82) is 0 Å². The van der Waals surface area contributed by atoms with E-state index in [1.54, 1.807) is 0 Å². The van der Waals surface area contributed by atoms with Crippen molar-refractivity contribution in [3.05, 3.63) is 72.9 Å². The molecular formula is C72H128O6.